The van der Waals surface area contributed by atoms with Gasteiger partial charge in [0.05, 0.1) is 6.04 Å². The third-order valence-electron chi connectivity index (χ3n) is 2.94. The highest BCUT2D eigenvalue weighted by atomic mass is 15.4. The van der Waals surface area contributed by atoms with Gasteiger partial charge in [-0.25, -0.2) is 9.67 Å². The highest BCUT2D eigenvalue weighted by molar-refractivity contribution is 5.03. The first-order valence-corrected chi connectivity index (χ1v) is 5.30. The number of nitrogens with zero attached hydrogens (tertiary/aromatic N) is 3. The van der Waals surface area contributed by atoms with Gasteiger partial charge in [0.1, 0.15) is 5.82 Å². The molecule has 1 aromatic rings. The van der Waals surface area contributed by atoms with Crippen LogP contribution in [0, 0.1) is 0 Å². The van der Waals surface area contributed by atoms with E-state index in [1.54, 1.807) is 0 Å². The van der Waals surface area contributed by atoms with Gasteiger partial charge in [0, 0.05) is 18.4 Å². The van der Waals surface area contributed by atoms with E-state index in [4.69, 9.17) is 5.73 Å². The molecule has 4 nitrogen and oxygen atoms in total. The molecule has 0 radical (unpaired) electrons. The van der Waals surface area contributed by atoms with E-state index in [0.717, 1.165) is 24.5 Å². The molecule has 4 heteroatoms. The lowest BCUT2D eigenvalue weighted by Crippen LogP contribution is -2.36. The lowest BCUT2D eigenvalue weighted by atomic mass is 10.0. The predicted molar refractivity (Wildman–Crippen MR) is 55.1 cm³/mol. The molecule has 1 aliphatic heterocycles. The molecule has 0 amide bonds. The minimum absolute atomic E-state index is 0.226. The van der Waals surface area contributed by atoms with Crippen molar-refractivity contribution in [3.05, 3.63) is 11.6 Å². The van der Waals surface area contributed by atoms with E-state index in [0.29, 0.717) is 12.0 Å². The van der Waals surface area contributed by atoms with E-state index in [1.165, 1.54) is 0 Å². The van der Waals surface area contributed by atoms with Crippen LogP contribution in [0.5, 0.6) is 0 Å². The number of hydrogen-bond donors (Lipinski definition) is 1. The van der Waals surface area contributed by atoms with Gasteiger partial charge >= 0.3 is 0 Å². The van der Waals surface area contributed by atoms with Gasteiger partial charge in [-0.2, -0.15) is 5.10 Å². The zero-order chi connectivity index (χ0) is 10.3. The largest absolute Gasteiger partial charge is 0.326 e. The van der Waals surface area contributed by atoms with Crippen molar-refractivity contribution in [2.24, 2.45) is 5.73 Å². The Morgan fingerprint density at radius 3 is 2.86 bits per heavy atom. The second kappa shape index (κ2) is 3.35. The van der Waals surface area contributed by atoms with Crippen molar-refractivity contribution in [1.82, 2.24) is 14.8 Å². The molecule has 1 aliphatic rings. The zero-order valence-corrected chi connectivity index (χ0v) is 9.07. The minimum atomic E-state index is 0.226. The second-order valence-corrected chi connectivity index (χ2v) is 4.43. The Labute approximate surface area is 84.5 Å². The quantitative estimate of drug-likeness (QED) is 0.731. The summed E-state index contributed by atoms with van der Waals surface area (Å²) in [7, 11) is 0. The number of fused-ring (bicyclic) bond motifs is 1. The van der Waals surface area contributed by atoms with Crippen molar-refractivity contribution < 1.29 is 0 Å². The maximum absolute atomic E-state index is 5.99. The Bertz CT molecular complexity index is 329. The molecule has 2 atom stereocenters. The highest BCUT2D eigenvalue weighted by Gasteiger charge is 2.26. The highest BCUT2D eigenvalue weighted by Crippen LogP contribution is 2.23. The van der Waals surface area contributed by atoms with Crippen molar-refractivity contribution in [2.45, 2.75) is 51.6 Å². The van der Waals surface area contributed by atoms with Crippen LogP contribution in [-0.2, 0) is 6.42 Å². The first-order chi connectivity index (χ1) is 6.59. The second-order valence-electron chi connectivity index (χ2n) is 4.43. The van der Waals surface area contributed by atoms with Crippen LogP contribution in [0.25, 0.3) is 0 Å². The van der Waals surface area contributed by atoms with E-state index in [-0.39, 0.29) is 6.04 Å². The summed E-state index contributed by atoms with van der Waals surface area (Å²) < 4.78 is 2.00. The first kappa shape index (κ1) is 9.65. The van der Waals surface area contributed by atoms with Gasteiger partial charge in [0.2, 0.25) is 0 Å². The van der Waals surface area contributed by atoms with Gasteiger partial charge in [0.15, 0.2) is 5.82 Å². The van der Waals surface area contributed by atoms with Crippen molar-refractivity contribution in [3.63, 3.8) is 0 Å². The third kappa shape index (κ3) is 1.43. The molecule has 0 aromatic carbocycles. The number of aromatic nitrogens is 3. The van der Waals surface area contributed by atoms with Crippen LogP contribution in [0.2, 0.25) is 0 Å². The van der Waals surface area contributed by atoms with E-state index in [9.17, 15) is 0 Å². The third-order valence-corrected chi connectivity index (χ3v) is 2.94. The lowest BCUT2D eigenvalue weighted by molar-refractivity contribution is 0.337. The van der Waals surface area contributed by atoms with Gasteiger partial charge in [-0.05, 0) is 13.3 Å². The molecule has 2 rings (SSSR count). The summed E-state index contributed by atoms with van der Waals surface area (Å²) >= 11 is 0. The Balaban J connectivity index is 2.36. The molecule has 14 heavy (non-hydrogen) atoms. The van der Waals surface area contributed by atoms with Crippen LogP contribution in [0.4, 0.5) is 0 Å². The van der Waals surface area contributed by atoms with E-state index >= 15 is 0 Å². The monoisotopic (exact) mass is 194 g/mol. The smallest absolute Gasteiger partial charge is 0.153 e. The average Bonchev–Trinajstić information content (AvgIpc) is 2.56. The van der Waals surface area contributed by atoms with Gasteiger partial charge in [0.25, 0.3) is 0 Å². The van der Waals surface area contributed by atoms with Crippen LogP contribution >= 0.6 is 0 Å². The van der Waals surface area contributed by atoms with Gasteiger partial charge in [-0.15, -0.1) is 0 Å². The maximum atomic E-state index is 5.99. The topological polar surface area (TPSA) is 56.7 Å². The number of nitrogens with two attached hydrogens (primary N) is 1. The number of aryl methyl sites for hydroxylation is 1. The predicted octanol–water partition coefficient (Wildman–Crippen LogP) is 1.24. The minimum Gasteiger partial charge on any atom is -0.326 e. The molecule has 0 bridgehead atoms. The maximum Gasteiger partial charge on any atom is 0.153 e. The van der Waals surface area contributed by atoms with Crippen molar-refractivity contribution in [3.8, 4) is 0 Å². The van der Waals surface area contributed by atoms with Gasteiger partial charge in [-0.1, -0.05) is 13.8 Å². The van der Waals surface area contributed by atoms with Crippen molar-refractivity contribution >= 4 is 0 Å². The molecule has 0 aliphatic carbocycles. The molecule has 0 saturated heterocycles. The number of rotatable bonds is 1. The average molecular weight is 194 g/mol. The fourth-order valence-electron chi connectivity index (χ4n) is 1.83. The molecule has 0 saturated carbocycles. The molecule has 1 aromatic heterocycles. The van der Waals surface area contributed by atoms with E-state index in [1.807, 2.05) is 4.68 Å². The van der Waals surface area contributed by atoms with Gasteiger partial charge < -0.3 is 5.73 Å². The summed E-state index contributed by atoms with van der Waals surface area (Å²) in [6, 6.07) is 0.517. The van der Waals surface area contributed by atoms with Crippen molar-refractivity contribution in [2.75, 3.05) is 0 Å². The Morgan fingerprint density at radius 2 is 2.21 bits per heavy atom. The van der Waals surface area contributed by atoms with Crippen LogP contribution in [0.3, 0.4) is 0 Å². The summed E-state index contributed by atoms with van der Waals surface area (Å²) in [6.07, 6.45) is 1.99. The molecule has 78 valence electrons. The molecule has 2 N–H and O–H groups in total. The summed E-state index contributed by atoms with van der Waals surface area (Å²) in [5.74, 6) is 2.44. The van der Waals surface area contributed by atoms with Gasteiger partial charge in [-0.3, -0.25) is 0 Å². The molecular weight excluding hydrogens is 176 g/mol. The van der Waals surface area contributed by atoms with Crippen LogP contribution < -0.4 is 5.73 Å². The Kier molecular flexibility index (Phi) is 2.31. The summed E-state index contributed by atoms with van der Waals surface area (Å²) in [5, 5.41) is 4.51. The van der Waals surface area contributed by atoms with Crippen LogP contribution in [0.1, 0.15) is 50.8 Å². The molecule has 2 heterocycles. The van der Waals surface area contributed by atoms with Crippen molar-refractivity contribution in [1.29, 1.82) is 0 Å². The zero-order valence-electron chi connectivity index (χ0n) is 9.07. The van der Waals surface area contributed by atoms with E-state index < -0.39 is 0 Å². The normalized spacial score (nSPS) is 26.6. The summed E-state index contributed by atoms with van der Waals surface area (Å²) in [4.78, 5) is 4.53. The Hall–Kier alpha value is -0.900. The molecule has 2 unspecified atom stereocenters. The summed E-state index contributed by atoms with van der Waals surface area (Å²) in [5.41, 5.74) is 5.99. The van der Waals surface area contributed by atoms with E-state index in [2.05, 4.69) is 30.9 Å². The van der Waals surface area contributed by atoms with Crippen LogP contribution in [0.15, 0.2) is 0 Å². The Morgan fingerprint density at radius 1 is 1.50 bits per heavy atom. The molecule has 0 spiro atoms. The van der Waals surface area contributed by atoms with Crippen LogP contribution in [-0.4, -0.2) is 20.8 Å². The number of hydrogen-bond acceptors (Lipinski definition) is 3. The standard InChI is InChI=1S/C10H18N4/c1-6(2)10-12-9-5-4-8(11)7(3)14(9)13-10/h6-8H,4-5,11H2,1-3H3. The summed E-state index contributed by atoms with van der Waals surface area (Å²) in [6.45, 7) is 6.35. The fourth-order valence-corrected chi connectivity index (χ4v) is 1.83. The SMILES string of the molecule is CC(C)c1nc2n(n1)C(C)C(N)CC2. The fraction of sp³-hybridized carbons (Fsp3) is 0.800. The molecule has 0 fully saturated rings. The lowest BCUT2D eigenvalue weighted by Gasteiger charge is -2.25. The first-order valence-electron chi connectivity index (χ1n) is 5.30. The molecular formula is C10H18N4.